The third kappa shape index (κ3) is 2.44. The fourth-order valence-corrected chi connectivity index (χ4v) is 2.55. The molecule has 0 bridgehead atoms. The van der Waals surface area contributed by atoms with Gasteiger partial charge in [-0.1, -0.05) is 31.5 Å². The number of para-hydroxylation sites is 2. The molecule has 1 heterocycles. The number of hydrogen-bond acceptors (Lipinski definition) is 3. The number of aryl methyl sites for hydroxylation is 1. The molecule has 1 aromatic heterocycles. The van der Waals surface area contributed by atoms with Gasteiger partial charge in [0, 0.05) is 0 Å². The summed E-state index contributed by atoms with van der Waals surface area (Å²) in [7, 11) is 0. The van der Waals surface area contributed by atoms with Crippen molar-refractivity contribution in [1.29, 1.82) is 0 Å². The number of rotatable bonds is 4. The van der Waals surface area contributed by atoms with Gasteiger partial charge in [-0.3, -0.25) is 4.79 Å². The number of unbranched alkanes of at least 4 members (excludes halogenated alkanes) is 1. The number of carbonyl (C=O) groups excluding carboxylic acids is 1. The van der Waals surface area contributed by atoms with E-state index < -0.39 is 5.91 Å². The van der Waals surface area contributed by atoms with Crippen LogP contribution in [0.1, 0.15) is 35.7 Å². The van der Waals surface area contributed by atoms with Crippen LogP contribution in [0.3, 0.4) is 0 Å². The second-order valence-electron chi connectivity index (χ2n) is 5.15. The Kier molecular flexibility index (Phi) is 3.52. The van der Waals surface area contributed by atoms with Gasteiger partial charge in [0.15, 0.2) is 0 Å². The number of nitrogens with two attached hydrogens (primary N) is 1. The summed E-state index contributed by atoms with van der Waals surface area (Å²) in [5, 5.41) is 0. The Morgan fingerprint density at radius 2 is 1.76 bits per heavy atom. The summed E-state index contributed by atoms with van der Waals surface area (Å²) in [4.78, 5) is 20.9. The van der Waals surface area contributed by atoms with Crippen LogP contribution in [0.2, 0.25) is 0 Å². The Morgan fingerprint density at radius 1 is 1.05 bits per heavy atom. The molecule has 0 fully saturated rings. The Hall–Kier alpha value is -2.49. The fourth-order valence-electron chi connectivity index (χ4n) is 2.55. The number of nitrogens with zero attached hydrogens (tertiary/aromatic N) is 2. The molecule has 3 rings (SSSR count). The molecule has 21 heavy (non-hydrogen) atoms. The highest BCUT2D eigenvalue weighted by Crippen LogP contribution is 2.22. The Bertz CT molecular complexity index is 827. The summed E-state index contributed by atoms with van der Waals surface area (Å²) in [6, 6.07) is 11.4. The second kappa shape index (κ2) is 5.48. The topological polar surface area (TPSA) is 68.9 Å². The molecule has 0 radical (unpaired) electrons. The zero-order chi connectivity index (χ0) is 14.8. The van der Waals surface area contributed by atoms with E-state index >= 15 is 0 Å². The molecule has 1 amide bonds. The molecule has 0 aliphatic rings. The number of aromatic nitrogens is 2. The summed E-state index contributed by atoms with van der Waals surface area (Å²) < 4.78 is 0. The number of benzene rings is 2. The molecule has 0 atom stereocenters. The number of fused-ring (bicyclic) bond motifs is 2. The lowest BCUT2D eigenvalue weighted by Crippen LogP contribution is -2.12. The third-order valence-electron chi connectivity index (χ3n) is 3.64. The fraction of sp³-hybridized carbons (Fsp3) is 0.235. The monoisotopic (exact) mass is 279 g/mol. The van der Waals surface area contributed by atoms with Gasteiger partial charge in [-0.25, -0.2) is 9.97 Å². The van der Waals surface area contributed by atoms with Gasteiger partial charge in [-0.2, -0.15) is 0 Å². The predicted molar refractivity (Wildman–Crippen MR) is 84.2 cm³/mol. The van der Waals surface area contributed by atoms with Crippen molar-refractivity contribution in [3.8, 4) is 0 Å². The van der Waals surface area contributed by atoms with E-state index in [4.69, 9.17) is 5.73 Å². The standard InChI is InChI=1S/C17H17N3O/c1-2-3-6-11-7-4-9-13-15(11)20-16-12(17(18)21)8-5-10-14(16)19-13/h4-5,7-10H,2-3,6H2,1H3,(H2,18,21). The molecule has 0 unspecified atom stereocenters. The van der Waals surface area contributed by atoms with Crippen LogP contribution in [0.5, 0.6) is 0 Å². The predicted octanol–water partition coefficient (Wildman–Crippen LogP) is 3.22. The van der Waals surface area contributed by atoms with Gasteiger partial charge in [0.25, 0.3) is 5.91 Å². The number of primary amides is 1. The van der Waals surface area contributed by atoms with Crippen molar-refractivity contribution in [2.24, 2.45) is 5.73 Å². The Balaban J connectivity index is 2.29. The minimum atomic E-state index is -0.472. The van der Waals surface area contributed by atoms with Crippen molar-refractivity contribution >= 4 is 28.0 Å². The van der Waals surface area contributed by atoms with Crippen molar-refractivity contribution in [2.45, 2.75) is 26.2 Å². The lowest BCUT2D eigenvalue weighted by Gasteiger charge is -2.08. The number of amides is 1. The van der Waals surface area contributed by atoms with Crippen LogP contribution in [0.4, 0.5) is 0 Å². The van der Waals surface area contributed by atoms with Crippen LogP contribution in [-0.2, 0) is 6.42 Å². The van der Waals surface area contributed by atoms with E-state index in [9.17, 15) is 4.79 Å². The molecule has 2 N–H and O–H groups in total. The first-order valence-corrected chi connectivity index (χ1v) is 7.19. The zero-order valence-corrected chi connectivity index (χ0v) is 12.0. The molecule has 0 saturated carbocycles. The summed E-state index contributed by atoms with van der Waals surface area (Å²) in [6.07, 6.45) is 3.20. The molecular formula is C17H17N3O. The first kappa shape index (κ1) is 13.5. The number of hydrogen-bond donors (Lipinski definition) is 1. The molecule has 0 aliphatic heterocycles. The first-order valence-electron chi connectivity index (χ1n) is 7.19. The number of carbonyl (C=O) groups is 1. The molecule has 0 aliphatic carbocycles. The van der Waals surface area contributed by atoms with Crippen LogP contribution >= 0.6 is 0 Å². The van der Waals surface area contributed by atoms with Gasteiger partial charge < -0.3 is 5.73 Å². The lowest BCUT2D eigenvalue weighted by atomic mass is 10.1. The maximum atomic E-state index is 11.6. The summed E-state index contributed by atoms with van der Waals surface area (Å²) >= 11 is 0. The molecule has 3 aromatic rings. The van der Waals surface area contributed by atoms with Gasteiger partial charge >= 0.3 is 0 Å². The Labute approximate surface area is 123 Å². The smallest absolute Gasteiger partial charge is 0.250 e. The molecule has 106 valence electrons. The Morgan fingerprint density at radius 3 is 2.48 bits per heavy atom. The van der Waals surface area contributed by atoms with Crippen molar-refractivity contribution in [3.63, 3.8) is 0 Å². The van der Waals surface area contributed by atoms with E-state index in [1.165, 1.54) is 5.56 Å². The average Bonchev–Trinajstić information content (AvgIpc) is 2.50. The van der Waals surface area contributed by atoms with Crippen LogP contribution in [-0.4, -0.2) is 15.9 Å². The first-order chi connectivity index (χ1) is 10.2. The van der Waals surface area contributed by atoms with E-state index in [2.05, 4.69) is 23.0 Å². The summed E-state index contributed by atoms with van der Waals surface area (Å²) in [6.45, 7) is 2.16. The van der Waals surface area contributed by atoms with Crippen LogP contribution in [0, 0.1) is 0 Å². The molecule has 0 saturated heterocycles. The molecule has 0 spiro atoms. The second-order valence-corrected chi connectivity index (χ2v) is 5.15. The van der Waals surface area contributed by atoms with Gasteiger partial charge in [0.05, 0.1) is 22.1 Å². The van der Waals surface area contributed by atoms with E-state index in [0.29, 0.717) is 16.6 Å². The van der Waals surface area contributed by atoms with Crippen molar-refractivity contribution in [2.75, 3.05) is 0 Å². The van der Waals surface area contributed by atoms with Crippen LogP contribution in [0.15, 0.2) is 36.4 Å². The normalized spacial score (nSPS) is 11.1. The van der Waals surface area contributed by atoms with E-state index in [1.54, 1.807) is 12.1 Å². The summed E-state index contributed by atoms with van der Waals surface area (Å²) in [5.41, 5.74) is 10.0. The maximum absolute atomic E-state index is 11.6. The van der Waals surface area contributed by atoms with Gasteiger partial charge in [-0.05, 0) is 36.6 Å². The largest absolute Gasteiger partial charge is 0.366 e. The van der Waals surface area contributed by atoms with E-state index in [1.807, 2.05) is 18.2 Å². The van der Waals surface area contributed by atoms with E-state index in [0.717, 1.165) is 30.3 Å². The highest BCUT2D eigenvalue weighted by atomic mass is 16.1. The van der Waals surface area contributed by atoms with E-state index in [-0.39, 0.29) is 0 Å². The third-order valence-corrected chi connectivity index (χ3v) is 3.64. The quantitative estimate of drug-likeness (QED) is 0.745. The van der Waals surface area contributed by atoms with Crippen LogP contribution in [0.25, 0.3) is 22.1 Å². The van der Waals surface area contributed by atoms with Crippen molar-refractivity contribution < 1.29 is 4.79 Å². The summed E-state index contributed by atoms with van der Waals surface area (Å²) in [5.74, 6) is -0.472. The molecule has 4 heteroatoms. The minimum absolute atomic E-state index is 0.423. The molecular weight excluding hydrogens is 262 g/mol. The average molecular weight is 279 g/mol. The lowest BCUT2D eigenvalue weighted by molar-refractivity contribution is 0.100. The maximum Gasteiger partial charge on any atom is 0.250 e. The highest BCUT2D eigenvalue weighted by molar-refractivity contribution is 6.05. The minimum Gasteiger partial charge on any atom is -0.366 e. The van der Waals surface area contributed by atoms with Gasteiger partial charge in [-0.15, -0.1) is 0 Å². The molecule has 4 nitrogen and oxygen atoms in total. The zero-order valence-electron chi connectivity index (χ0n) is 12.0. The molecule has 2 aromatic carbocycles. The SMILES string of the molecule is CCCCc1cccc2nc3cccc(C(N)=O)c3nc12. The van der Waals surface area contributed by atoms with Crippen molar-refractivity contribution in [3.05, 3.63) is 47.5 Å². The van der Waals surface area contributed by atoms with Gasteiger partial charge in [0.1, 0.15) is 5.52 Å². The van der Waals surface area contributed by atoms with Crippen LogP contribution < -0.4 is 5.73 Å². The van der Waals surface area contributed by atoms with Crippen molar-refractivity contribution in [1.82, 2.24) is 9.97 Å². The highest BCUT2D eigenvalue weighted by Gasteiger charge is 2.11. The van der Waals surface area contributed by atoms with Gasteiger partial charge in [0.2, 0.25) is 0 Å².